The monoisotopic (exact) mass is 429 g/mol. The molecule has 11 heteroatoms. The molecule has 1 aromatic carbocycles. The zero-order chi connectivity index (χ0) is 22.0. The number of nitrogens with two attached hydrogens (primary N) is 2. The molecule has 2 atom stereocenters. The van der Waals surface area contributed by atoms with Crippen LogP contribution in [0, 0.1) is 0 Å². The molecule has 0 spiro atoms. The Hall–Kier alpha value is -3.60. The van der Waals surface area contributed by atoms with Crippen LogP contribution in [0.5, 0.6) is 0 Å². The Balaban J connectivity index is 1.57. The number of nitrogens with zero attached hydrogens (tertiary/aromatic N) is 3. The van der Waals surface area contributed by atoms with E-state index < -0.39 is 23.9 Å². The quantitative estimate of drug-likeness (QED) is 0.468. The van der Waals surface area contributed by atoms with Crippen molar-refractivity contribution < 1.29 is 18.1 Å². The summed E-state index contributed by atoms with van der Waals surface area (Å²) in [5.41, 5.74) is 12.4. The highest BCUT2D eigenvalue weighted by Crippen LogP contribution is 2.34. The maximum absolute atomic E-state index is 13.9. The Labute approximate surface area is 176 Å². The number of halogens is 2. The fourth-order valence-corrected chi connectivity index (χ4v) is 3.47. The third kappa shape index (κ3) is 4.45. The summed E-state index contributed by atoms with van der Waals surface area (Å²) in [7, 11) is 0. The Morgan fingerprint density at radius 3 is 2.77 bits per heavy atom. The number of carbonyl (C=O) groups excluding carboxylic acids is 1. The summed E-state index contributed by atoms with van der Waals surface area (Å²) in [5.74, 6) is -3.40. The van der Waals surface area contributed by atoms with Gasteiger partial charge >= 0.3 is 0 Å². The maximum Gasteiger partial charge on any atom is 0.271 e. The zero-order valence-corrected chi connectivity index (χ0v) is 16.4. The number of nitrogens with one attached hydrogen (secondary N) is 2. The number of primary amides is 1. The van der Waals surface area contributed by atoms with Gasteiger partial charge in [0, 0.05) is 24.1 Å². The predicted octanol–water partition coefficient (Wildman–Crippen LogP) is 2.90. The van der Waals surface area contributed by atoms with Crippen molar-refractivity contribution in [3.05, 3.63) is 48.3 Å². The summed E-state index contributed by atoms with van der Waals surface area (Å²) < 4.78 is 33.1. The molecular formula is C20H21F2N7O2. The maximum atomic E-state index is 13.9. The Morgan fingerprint density at radius 2 is 2.03 bits per heavy atom. The highest BCUT2D eigenvalue weighted by Gasteiger charge is 2.44. The molecule has 0 unspecified atom stereocenters. The van der Waals surface area contributed by atoms with E-state index in [1.54, 1.807) is 6.07 Å². The number of hydrogen-bond acceptors (Lipinski definition) is 8. The standard InChI is InChI=1S/C20H21F2N7O2/c21-20(22)8-4-7-12(17(20)23)26-14-10-25-16(18(24)30)19(27-14)28-15-9-13(29-31-15)11-5-2-1-3-6-11/h1-3,5-6,9-10,12,17H,4,7-8,23H2,(H2,24,30)(H2,26,27,28)/t12-,17-/m1/s1. The van der Waals surface area contributed by atoms with Gasteiger partial charge in [-0.3, -0.25) is 4.79 Å². The van der Waals surface area contributed by atoms with Crippen LogP contribution >= 0.6 is 0 Å². The topological polar surface area (TPSA) is 145 Å². The van der Waals surface area contributed by atoms with Crippen molar-refractivity contribution in [1.82, 2.24) is 15.1 Å². The molecule has 6 N–H and O–H groups in total. The smallest absolute Gasteiger partial charge is 0.271 e. The second kappa shape index (κ2) is 8.26. The van der Waals surface area contributed by atoms with Crippen molar-refractivity contribution in [2.24, 2.45) is 11.5 Å². The van der Waals surface area contributed by atoms with Gasteiger partial charge in [-0.15, -0.1) is 0 Å². The molecule has 0 bridgehead atoms. The highest BCUT2D eigenvalue weighted by molar-refractivity contribution is 5.96. The average molecular weight is 429 g/mol. The number of hydrogen-bond donors (Lipinski definition) is 4. The molecular weight excluding hydrogens is 408 g/mol. The largest absolute Gasteiger partial charge is 0.364 e. The van der Waals surface area contributed by atoms with Gasteiger partial charge < -0.3 is 26.6 Å². The molecule has 1 fully saturated rings. The first-order valence-electron chi connectivity index (χ1n) is 9.69. The molecule has 1 saturated carbocycles. The number of anilines is 3. The molecule has 0 radical (unpaired) electrons. The van der Waals surface area contributed by atoms with E-state index in [0.29, 0.717) is 18.5 Å². The molecule has 0 aliphatic heterocycles. The van der Waals surface area contributed by atoms with E-state index in [-0.39, 0.29) is 29.6 Å². The number of benzene rings is 1. The zero-order valence-electron chi connectivity index (χ0n) is 16.4. The fourth-order valence-electron chi connectivity index (χ4n) is 3.47. The van der Waals surface area contributed by atoms with Gasteiger partial charge in [0.15, 0.2) is 11.5 Å². The van der Waals surface area contributed by atoms with E-state index in [1.807, 2.05) is 30.3 Å². The summed E-state index contributed by atoms with van der Waals surface area (Å²) in [5, 5.41) is 9.70. The van der Waals surface area contributed by atoms with Crippen molar-refractivity contribution in [2.45, 2.75) is 37.3 Å². The third-order valence-electron chi connectivity index (χ3n) is 5.11. The van der Waals surface area contributed by atoms with Crippen molar-refractivity contribution in [2.75, 3.05) is 10.6 Å². The van der Waals surface area contributed by atoms with E-state index in [2.05, 4.69) is 25.8 Å². The Morgan fingerprint density at radius 1 is 1.26 bits per heavy atom. The molecule has 3 aromatic rings. The minimum absolute atomic E-state index is 0.00408. The van der Waals surface area contributed by atoms with Gasteiger partial charge in [-0.2, -0.15) is 0 Å². The van der Waals surface area contributed by atoms with E-state index in [4.69, 9.17) is 16.0 Å². The van der Waals surface area contributed by atoms with Gasteiger partial charge in [0.05, 0.1) is 12.2 Å². The molecule has 162 valence electrons. The van der Waals surface area contributed by atoms with Crippen LogP contribution in [0.2, 0.25) is 0 Å². The van der Waals surface area contributed by atoms with Crippen LogP contribution in [0.3, 0.4) is 0 Å². The molecule has 2 aromatic heterocycles. The Kier molecular flexibility index (Phi) is 5.51. The molecule has 2 heterocycles. The van der Waals surface area contributed by atoms with Gasteiger partial charge in [-0.25, -0.2) is 18.7 Å². The lowest BCUT2D eigenvalue weighted by Crippen LogP contribution is -2.55. The second-order valence-electron chi connectivity index (χ2n) is 7.31. The van der Waals surface area contributed by atoms with Gasteiger partial charge in [-0.1, -0.05) is 35.5 Å². The first-order valence-corrected chi connectivity index (χ1v) is 9.69. The molecule has 0 saturated heterocycles. The van der Waals surface area contributed by atoms with Crippen molar-refractivity contribution in [3.63, 3.8) is 0 Å². The van der Waals surface area contributed by atoms with E-state index in [1.165, 1.54) is 6.20 Å². The molecule has 1 amide bonds. The number of amides is 1. The van der Waals surface area contributed by atoms with Crippen LogP contribution in [-0.2, 0) is 0 Å². The molecule has 1 aliphatic carbocycles. The minimum atomic E-state index is -2.97. The normalized spacial score (nSPS) is 20.2. The summed E-state index contributed by atoms with van der Waals surface area (Å²) in [6, 6.07) is 8.90. The van der Waals surface area contributed by atoms with Crippen LogP contribution in [-0.4, -0.2) is 39.0 Å². The van der Waals surface area contributed by atoms with E-state index in [0.717, 1.165) is 5.56 Å². The molecule has 1 aliphatic rings. The SMILES string of the molecule is NC(=O)c1ncc(N[C@@H]2CCCC(F)(F)[C@@H]2N)nc1Nc1cc(-c2ccccc2)no1. The number of rotatable bonds is 6. The molecule has 31 heavy (non-hydrogen) atoms. The third-order valence-corrected chi connectivity index (χ3v) is 5.11. The minimum Gasteiger partial charge on any atom is -0.364 e. The highest BCUT2D eigenvalue weighted by atomic mass is 19.3. The Bertz CT molecular complexity index is 1070. The second-order valence-corrected chi connectivity index (χ2v) is 7.31. The molecule has 4 rings (SSSR count). The van der Waals surface area contributed by atoms with Gasteiger partial charge in [-0.05, 0) is 12.8 Å². The average Bonchev–Trinajstić information content (AvgIpc) is 3.20. The fraction of sp³-hybridized carbons (Fsp3) is 0.300. The van der Waals surface area contributed by atoms with Gasteiger partial charge in [0.1, 0.15) is 11.5 Å². The van der Waals surface area contributed by atoms with Crippen molar-refractivity contribution >= 4 is 23.4 Å². The summed E-state index contributed by atoms with van der Waals surface area (Å²) in [6.07, 6.45) is 1.79. The number of aromatic nitrogens is 3. The van der Waals surface area contributed by atoms with Crippen LogP contribution in [0.1, 0.15) is 29.8 Å². The summed E-state index contributed by atoms with van der Waals surface area (Å²) in [6.45, 7) is 0. The van der Waals surface area contributed by atoms with Gasteiger partial charge in [0.25, 0.3) is 11.8 Å². The van der Waals surface area contributed by atoms with Crippen molar-refractivity contribution in [1.29, 1.82) is 0 Å². The predicted molar refractivity (Wildman–Crippen MR) is 110 cm³/mol. The van der Waals surface area contributed by atoms with Crippen LogP contribution < -0.4 is 22.1 Å². The molecule has 9 nitrogen and oxygen atoms in total. The van der Waals surface area contributed by atoms with Crippen molar-refractivity contribution in [3.8, 4) is 11.3 Å². The van der Waals surface area contributed by atoms with Crippen LogP contribution in [0.15, 0.2) is 47.1 Å². The number of carbonyl (C=O) groups is 1. The summed E-state index contributed by atoms with van der Waals surface area (Å²) >= 11 is 0. The lowest BCUT2D eigenvalue weighted by atomic mass is 9.87. The lowest BCUT2D eigenvalue weighted by molar-refractivity contribution is -0.0554. The summed E-state index contributed by atoms with van der Waals surface area (Å²) in [4.78, 5) is 20.1. The van der Waals surface area contributed by atoms with Crippen LogP contribution in [0.25, 0.3) is 11.3 Å². The van der Waals surface area contributed by atoms with E-state index >= 15 is 0 Å². The first kappa shape index (κ1) is 20.7. The van der Waals surface area contributed by atoms with E-state index in [9.17, 15) is 13.6 Å². The van der Waals surface area contributed by atoms with Gasteiger partial charge in [0.2, 0.25) is 5.88 Å². The first-order chi connectivity index (χ1) is 14.8. The lowest BCUT2D eigenvalue weighted by Gasteiger charge is -2.36. The van der Waals surface area contributed by atoms with Crippen LogP contribution in [0.4, 0.5) is 26.3 Å². The number of alkyl halides is 2.